The normalized spacial score (nSPS) is 15.8. The van der Waals surface area contributed by atoms with Crippen molar-refractivity contribution < 1.29 is 19.4 Å². The number of methoxy groups -OCH3 is 1. The van der Waals surface area contributed by atoms with E-state index in [0.717, 1.165) is 10.5 Å². The van der Waals surface area contributed by atoms with E-state index in [1.807, 2.05) is 0 Å². The van der Waals surface area contributed by atoms with Crippen molar-refractivity contribution in [3.05, 3.63) is 48.2 Å². The minimum Gasteiger partial charge on any atom is -0.504 e. The van der Waals surface area contributed by atoms with Crippen LogP contribution in [0.3, 0.4) is 0 Å². The number of amides is 2. The van der Waals surface area contributed by atoms with E-state index >= 15 is 0 Å². The van der Waals surface area contributed by atoms with Crippen LogP contribution in [0.2, 0.25) is 0 Å². The summed E-state index contributed by atoms with van der Waals surface area (Å²) in [5.74, 6) is -0.0861. The number of aromatic hydroxyl groups is 1. The molecular weight excluding hydrogens is 296 g/mol. The van der Waals surface area contributed by atoms with Crippen molar-refractivity contribution in [2.24, 2.45) is 0 Å². The number of rotatable bonds is 3. The van der Waals surface area contributed by atoms with E-state index < -0.39 is 0 Å². The van der Waals surface area contributed by atoms with E-state index in [-0.39, 0.29) is 36.3 Å². The summed E-state index contributed by atoms with van der Waals surface area (Å²) in [6, 6.07) is 9.98. The van der Waals surface area contributed by atoms with Gasteiger partial charge in [-0.05, 0) is 29.8 Å². The van der Waals surface area contributed by atoms with Crippen LogP contribution in [-0.4, -0.2) is 29.0 Å². The summed E-state index contributed by atoms with van der Waals surface area (Å²) in [6.07, 6.45) is 1.96. The van der Waals surface area contributed by atoms with E-state index in [2.05, 4.69) is 4.98 Å². The highest BCUT2D eigenvalue weighted by atomic mass is 16.5. The molecule has 0 spiro atoms. The number of pyridine rings is 1. The van der Waals surface area contributed by atoms with Crippen LogP contribution >= 0.6 is 0 Å². The van der Waals surface area contributed by atoms with Crippen molar-refractivity contribution in [3.63, 3.8) is 0 Å². The van der Waals surface area contributed by atoms with Crippen LogP contribution in [0.25, 0.3) is 0 Å². The summed E-state index contributed by atoms with van der Waals surface area (Å²) >= 11 is 0. The number of carbonyl (C=O) groups is 2. The maximum absolute atomic E-state index is 12.4. The molecule has 1 aliphatic heterocycles. The number of aromatic nitrogens is 1. The molecule has 2 aromatic rings. The lowest BCUT2D eigenvalue weighted by molar-refractivity contribution is -0.129. The molecule has 2 amide bonds. The van der Waals surface area contributed by atoms with E-state index in [9.17, 15) is 14.7 Å². The number of phenolic OH excluding ortho intramolecular Hbond substituents is 1. The van der Waals surface area contributed by atoms with Crippen LogP contribution in [0.15, 0.2) is 42.6 Å². The molecule has 1 N–H and O–H groups in total. The predicted octanol–water partition coefficient (Wildman–Crippen LogP) is 2.23. The van der Waals surface area contributed by atoms with Crippen LogP contribution < -0.4 is 9.64 Å². The standard InChI is InChI=1S/C17H16N2O4/c1-23-14-8-11(5-6-13(14)20)12-9-16(21)19(17(22)10-12)15-4-2-3-7-18-15/h2-8,12,20H,9-10H2,1H3. The van der Waals surface area contributed by atoms with Gasteiger partial charge in [-0.2, -0.15) is 0 Å². The summed E-state index contributed by atoms with van der Waals surface area (Å²) in [5, 5.41) is 9.65. The van der Waals surface area contributed by atoms with Crippen molar-refractivity contribution in [2.45, 2.75) is 18.8 Å². The molecule has 1 saturated heterocycles. The van der Waals surface area contributed by atoms with Gasteiger partial charge in [0.1, 0.15) is 5.82 Å². The first-order valence-electron chi connectivity index (χ1n) is 7.24. The van der Waals surface area contributed by atoms with E-state index in [1.54, 1.807) is 36.5 Å². The molecule has 2 heterocycles. The van der Waals surface area contributed by atoms with Crippen molar-refractivity contribution >= 4 is 17.6 Å². The number of phenols is 1. The first kappa shape index (κ1) is 15.0. The largest absolute Gasteiger partial charge is 0.504 e. The third kappa shape index (κ3) is 2.88. The lowest BCUT2D eigenvalue weighted by Gasteiger charge is -2.29. The Morgan fingerprint density at radius 1 is 1.17 bits per heavy atom. The number of hydrogen-bond donors (Lipinski definition) is 1. The van der Waals surface area contributed by atoms with Gasteiger partial charge in [0.2, 0.25) is 11.8 Å². The molecule has 1 fully saturated rings. The summed E-state index contributed by atoms with van der Waals surface area (Å²) in [6.45, 7) is 0. The Morgan fingerprint density at radius 2 is 1.91 bits per heavy atom. The number of hydrogen-bond acceptors (Lipinski definition) is 5. The van der Waals surface area contributed by atoms with E-state index in [1.165, 1.54) is 13.2 Å². The number of anilines is 1. The second kappa shape index (κ2) is 6.08. The molecule has 1 aromatic heterocycles. The van der Waals surface area contributed by atoms with Gasteiger partial charge in [-0.3, -0.25) is 9.59 Å². The Balaban J connectivity index is 1.85. The second-order valence-corrected chi connectivity index (χ2v) is 5.35. The molecule has 6 nitrogen and oxygen atoms in total. The van der Waals surface area contributed by atoms with Crippen molar-refractivity contribution in [1.29, 1.82) is 0 Å². The molecule has 1 aromatic carbocycles. The minimum absolute atomic E-state index is 0.0276. The maximum Gasteiger partial charge on any atom is 0.235 e. The van der Waals surface area contributed by atoms with Crippen LogP contribution in [0.1, 0.15) is 24.3 Å². The number of nitrogens with zero attached hydrogens (tertiary/aromatic N) is 2. The number of ether oxygens (including phenoxy) is 1. The molecule has 0 saturated carbocycles. The first-order valence-corrected chi connectivity index (χ1v) is 7.24. The highest BCUT2D eigenvalue weighted by molar-refractivity contribution is 6.16. The topological polar surface area (TPSA) is 79.7 Å². The molecule has 1 aliphatic rings. The summed E-state index contributed by atoms with van der Waals surface area (Å²) in [4.78, 5) is 30.0. The quantitative estimate of drug-likeness (QED) is 0.879. The van der Waals surface area contributed by atoms with Gasteiger partial charge in [0, 0.05) is 25.0 Å². The summed E-state index contributed by atoms with van der Waals surface area (Å²) in [7, 11) is 1.46. The fraction of sp³-hybridized carbons (Fsp3) is 0.235. The van der Waals surface area contributed by atoms with Crippen LogP contribution in [-0.2, 0) is 9.59 Å². The third-order valence-electron chi connectivity index (χ3n) is 3.89. The van der Waals surface area contributed by atoms with Gasteiger partial charge in [0.15, 0.2) is 11.5 Å². The first-order chi connectivity index (χ1) is 11.1. The number of carbonyl (C=O) groups excluding carboxylic acids is 2. The number of imide groups is 1. The van der Waals surface area contributed by atoms with Gasteiger partial charge in [0.05, 0.1) is 7.11 Å². The van der Waals surface area contributed by atoms with Gasteiger partial charge in [-0.1, -0.05) is 12.1 Å². The van der Waals surface area contributed by atoms with Crippen LogP contribution in [0.5, 0.6) is 11.5 Å². The molecule has 23 heavy (non-hydrogen) atoms. The molecular formula is C17H16N2O4. The predicted molar refractivity (Wildman–Crippen MR) is 83.4 cm³/mol. The lowest BCUT2D eigenvalue weighted by atomic mass is 9.88. The van der Waals surface area contributed by atoms with E-state index in [0.29, 0.717) is 11.6 Å². The fourth-order valence-corrected chi connectivity index (χ4v) is 2.74. The van der Waals surface area contributed by atoms with Crippen LogP contribution in [0.4, 0.5) is 5.82 Å². The van der Waals surface area contributed by atoms with Crippen LogP contribution in [0, 0.1) is 0 Å². The molecule has 0 atom stereocenters. The van der Waals surface area contributed by atoms with Crippen molar-refractivity contribution in [3.8, 4) is 11.5 Å². The molecule has 0 unspecified atom stereocenters. The highest BCUT2D eigenvalue weighted by Gasteiger charge is 2.35. The maximum atomic E-state index is 12.4. The highest BCUT2D eigenvalue weighted by Crippen LogP contribution is 2.35. The van der Waals surface area contributed by atoms with Crippen molar-refractivity contribution in [2.75, 3.05) is 12.0 Å². The second-order valence-electron chi connectivity index (χ2n) is 5.35. The average molecular weight is 312 g/mol. The Morgan fingerprint density at radius 3 is 2.52 bits per heavy atom. The minimum atomic E-state index is -0.281. The Hall–Kier alpha value is -2.89. The Labute approximate surface area is 133 Å². The molecule has 0 bridgehead atoms. The zero-order valence-electron chi connectivity index (χ0n) is 12.6. The van der Waals surface area contributed by atoms with E-state index in [4.69, 9.17) is 4.74 Å². The Kier molecular flexibility index (Phi) is 3.97. The third-order valence-corrected chi connectivity index (χ3v) is 3.89. The molecule has 3 rings (SSSR count). The zero-order valence-corrected chi connectivity index (χ0v) is 12.6. The summed E-state index contributed by atoms with van der Waals surface area (Å²) < 4.78 is 5.08. The lowest BCUT2D eigenvalue weighted by Crippen LogP contribution is -2.43. The monoisotopic (exact) mass is 312 g/mol. The SMILES string of the molecule is COc1cc(C2CC(=O)N(c3ccccn3)C(=O)C2)ccc1O. The Bertz CT molecular complexity index is 728. The average Bonchev–Trinajstić information content (AvgIpc) is 2.55. The van der Waals surface area contributed by atoms with Crippen molar-refractivity contribution in [1.82, 2.24) is 4.98 Å². The smallest absolute Gasteiger partial charge is 0.235 e. The zero-order chi connectivity index (χ0) is 16.4. The fourth-order valence-electron chi connectivity index (χ4n) is 2.74. The van der Waals surface area contributed by atoms with Gasteiger partial charge in [0.25, 0.3) is 0 Å². The molecule has 0 radical (unpaired) electrons. The molecule has 0 aliphatic carbocycles. The van der Waals surface area contributed by atoms with Gasteiger partial charge in [-0.15, -0.1) is 0 Å². The number of piperidine rings is 1. The molecule has 118 valence electrons. The van der Waals surface area contributed by atoms with Gasteiger partial charge >= 0.3 is 0 Å². The number of benzene rings is 1. The van der Waals surface area contributed by atoms with Gasteiger partial charge in [-0.25, -0.2) is 9.88 Å². The molecule has 6 heteroatoms. The summed E-state index contributed by atoms with van der Waals surface area (Å²) in [5.41, 5.74) is 0.794. The van der Waals surface area contributed by atoms with Gasteiger partial charge < -0.3 is 9.84 Å².